The number of rotatable bonds is 5. The second-order valence-corrected chi connectivity index (χ2v) is 8.77. The molecule has 8 heteroatoms. The molecule has 0 spiro atoms. The quantitative estimate of drug-likeness (QED) is 0.720. The van der Waals surface area contributed by atoms with Crippen molar-refractivity contribution < 1.29 is 27.5 Å². The normalized spacial score (nSPS) is 18.2. The first-order chi connectivity index (χ1) is 12.8. The van der Waals surface area contributed by atoms with Gasteiger partial charge in [0.05, 0.1) is 18.6 Å². The summed E-state index contributed by atoms with van der Waals surface area (Å²) in [5, 5.41) is 1.72. The van der Waals surface area contributed by atoms with Gasteiger partial charge in [0.2, 0.25) is 0 Å². The third kappa shape index (κ3) is 4.21. The van der Waals surface area contributed by atoms with Crippen LogP contribution in [-0.4, -0.2) is 63.5 Å². The van der Waals surface area contributed by atoms with Crippen molar-refractivity contribution in [2.45, 2.75) is 12.5 Å². The Morgan fingerprint density at radius 3 is 2.44 bits per heavy atom. The van der Waals surface area contributed by atoms with Crippen LogP contribution in [0.25, 0.3) is 10.8 Å². The van der Waals surface area contributed by atoms with Crippen LogP contribution in [0.4, 0.5) is 0 Å². The van der Waals surface area contributed by atoms with Crippen LogP contribution in [0.1, 0.15) is 16.8 Å². The summed E-state index contributed by atoms with van der Waals surface area (Å²) < 4.78 is 33.6. The van der Waals surface area contributed by atoms with E-state index in [1.807, 2.05) is 24.3 Å². The molecule has 0 saturated carbocycles. The lowest BCUT2D eigenvalue weighted by Crippen LogP contribution is -2.40. The van der Waals surface area contributed by atoms with E-state index in [1.54, 1.807) is 19.2 Å². The second-order valence-electron chi connectivity index (χ2n) is 6.54. The van der Waals surface area contributed by atoms with E-state index >= 15 is 0 Å². The van der Waals surface area contributed by atoms with Gasteiger partial charge in [-0.15, -0.1) is 0 Å². The Morgan fingerprint density at radius 1 is 1.19 bits per heavy atom. The predicted octanol–water partition coefficient (Wildman–Crippen LogP) is 1.65. The zero-order chi connectivity index (χ0) is 19.6. The van der Waals surface area contributed by atoms with Crippen LogP contribution >= 0.6 is 0 Å². The van der Waals surface area contributed by atoms with Gasteiger partial charge in [-0.05, 0) is 29.3 Å². The van der Waals surface area contributed by atoms with Gasteiger partial charge in [0.1, 0.15) is 11.3 Å². The zero-order valence-electron chi connectivity index (χ0n) is 15.2. The van der Waals surface area contributed by atoms with Gasteiger partial charge in [-0.25, -0.2) is 13.2 Å². The fourth-order valence-electron chi connectivity index (χ4n) is 3.13. The molecule has 1 atom stereocenters. The van der Waals surface area contributed by atoms with Gasteiger partial charge in [0, 0.05) is 13.1 Å². The highest BCUT2D eigenvalue weighted by atomic mass is 32.2. The monoisotopic (exact) mass is 391 g/mol. The summed E-state index contributed by atoms with van der Waals surface area (Å²) >= 11 is 0. The number of hydrogen-bond acceptors (Lipinski definition) is 6. The zero-order valence-corrected chi connectivity index (χ0v) is 16.0. The molecule has 0 unspecified atom stereocenters. The van der Waals surface area contributed by atoms with Crippen molar-refractivity contribution in [2.75, 3.05) is 32.3 Å². The van der Waals surface area contributed by atoms with E-state index < -0.39 is 15.8 Å². The topological polar surface area (TPSA) is 90.0 Å². The Balaban J connectivity index is 1.77. The maximum atomic E-state index is 12.4. The lowest BCUT2D eigenvalue weighted by atomic mass is 10.1. The molecule has 0 N–H and O–H groups in total. The summed E-state index contributed by atoms with van der Waals surface area (Å²) in [4.78, 5) is 25.9. The predicted molar refractivity (Wildman–Crippen MR) is 101 cm³/mol. The Labute approximate surface area is 157 Å². The molecule has 1 heterocycles. The van der Waals surface area contributed by atoms with E-state index in [4.69, 9.17) is 9.47 Å². The molecule has 27 heavy (non-hydrogen) atoms. The molecule has 0 bridgehead atoms. The number of fused-ring (bicyclic) bond motifs is 1. The van der Waals surface area contributed by atoms with Crippen LogP contribution < -0.4 is 4.74 Å². The minimum Gasteiger partial charge on any atom is -0.483 e. The molecular formula is C19H21NO6S. The highest BCUT2D eigenvalue weighted by molar-refractivity contribution is 7.91. The van der Waals surface area contributed by atoms with Gasteiger partial charge in [0.25, 0.3) is 5.91 Å². The van der Waals surface area contributed by atoms with Crippen molar-refractivity contribution >= 4 is 32.5 Å². The van der Waals surface area contributed by atoms with E-state index in [2.05, 4.69) is 0 Å². The first kappa shape index (κ1) is 19.2. The number of likely N-dealkylation sites (N-methyl/N-ethyl adjacent to an activating group) is 1. The van der Waals surface area contributed by atoms with Gasteiger partial charge in [-0.1, -0.05) is 24.3 Å². The SMILES string of the molecule is COC(=O)c1cc2ccccc2cc1OCC(=O)N(C)[C@@H]1CCS(=O)(=O)C1. The maximum Gasteiger partial charge on any atom is 0.341 e. The molecule has 1 fully saturated rings. The molecule has 1 aliphatic rings. The van der Waals surface area contributed by atoms with Crippen molar-refractivity contribution in [1.29, 1.82) is 0 Å². The number of amides is 1. The molecule has 0 aliphatic carbocycles. The second kappa shape index (κ2) is 7.56. The number of carbonyl (C=O) groups is 2. The van der Waals surface area contributed by atoms with Gasteiger partial charge in [0.15, 0.2) is 16.4 Å². The Kier molecular flexibility index (Phi) is 5.36. The first-order valence-corrected chi connectivity index (χ1v) is 10.3. The molecule has 1 aliphatic heterocycles. The fraction of sp³-hybridized carbons (Fsp3) is 0.368. The van der Waals surface area contributed by atoms with Crippen LogP contribution in [0.3, 0.4) is 0 Å². The van der Waals surface area contributed by atoms with Crippen LogP contribution in [0.5, 0.6) is 5.75 Å². The highest BCUT2D eigenvalue weighted by Gasteiger charge is 2.32. The molecule has 0 radical (unpaired) electrons. The molecule has 7 nitrogen and oxygen atoms in total. The smallest absolute Gasteiger partial charge is 0.341 e. The number of ether oxygens (including phenoxy) is 2. The summed E-state index contributed by atoms with van der Waals surface area (Å²) in [5.74, 6) is -0.591. The molecule has 0 aromatic heterocycles. The third-order valence-electron chi connectivity index (χ3n) is 4.75. The van der Waals surface area contributed by atoms with E-state index in [0.29, 0.717) is 6.42 Å². The van der Waals surface area contributed by atoms with E-state index in [0.717, 1.165) is 10.8 Å². The molecule has 144 valence electrons. The minimum absolute atomic E-state index is 0.0291. The number of esters is 1. The summed E-state index contributed by atoms with van der Waals surface area (Å²) in [6.45, 7) is -0.296. The standard InChI is InChI=1S/C19H21NO6S/c1-20(15-7-8-27(23,24)12-15)18(21)11-26-17-10-14-6-4-3-5-13(14)9-16(17)19(22)25-2/h3-6,9-10,15H,7-8,11-12H2,1-2H3/t15-/m1/s1. The van der Waals surface area contributed by atoms with Crippen LogP contribution in [0.15, 0.2) is 36.4 Å². The summed E-state index contributed by atoms with van der Waals surface area (Å²) in [7, 11) is -0.236. The van der Waals surface area contributed by atoms with Gasteiger partial charge >= 0.3 is 5.97 Å². The van der Waals surface area contributed by atoms with Crippen molar-refractivity contribution in [3.63, 3.8) is 0 Å². The molecule has 1 amide bonds. The molecule has 2 aromatic rings. The van der Waals surface area contributed by atoms with Crippen LogP contribution in [0.2, 0.25) is 0 Å². The van der Waals surface area contributed by atoms with Crippen molar-refractivity contribution in [3.8, 4) is 5.75 Å². The highest BCUT2D eigenvalue weighted by Crippen LogP contribution is 2.27. The average molecular weight is 391 g/mol. The number of carbonyl (C=O) groups excluding carboxylic acids is 2. The third-order valence-corrected chi connectivity index (χ3v) is 6.50. The summed E-state index contributed by atoms with van der Waals surface area (Å²) in [5.41, 5.74) is 0.232. The van der Waals surface area contributed by atoms with Gasteiger partial charge in [-0.3, -0.25) is 4.79 Å². The number of methoxy groups -OCH3 is 1. The average Bonchev–Trinajstić information content (AvgIpc) is 3.03. The van der Waals surface area contributed by atoms with Gasteiger partial charge in [-0.2, -0.15) is 0 Å². The van der Waals surface area contributed by atoms with Crippen LogP contribution in [0, 0.1) is 0 Å². The minimum atomic E-state index is -3.08. The molecule has 3 rings (SSSR count). The Bertz CT molecular complexity index is 985. The largest absolute Gasteiger partial charge is 0.483 e. The Morgan fingerprint density at radius 2 is 1.85 bits per heavy atom. The molecular weight excluding hydrogens is 370 g/mol. The molecule has 2 aromatic carbocycles. The Hall–Kier alpha value is -2.61. The number of sulfone groups is 1. The number of benzene rings is 2. The van der Waals surface area contributed by atoms with Crippen molar-refractivity contribution in [3.05, 3.63) is 42.0 Å². The van der Waals surface area contributed by atoms with Crippen molar-refractivity contribution in [2.24, 2.45) is 0 Å². The summed E-state index contributed by atoms with van der Waals surface area (Å²) in [6.07, 6.45) is 0.425. The maximum absolute atomic E-state index is 12.4. The van der Waals surface area contributed by atoms with E-state index in [9.17, 15) is 18.0 Å². The van der Waals surface area contributed by atoms with Gasteiger partial charge < -0.3 is 14.4 Å². The number of nitrogens with zero attached hydrogens (tertiary/aromatic N) is 1. The fourth-order valence-corrected chi connectivity index (χ4v) is 4.91. The van der Waals surface area contributed by atoms with E-state index in [1.165, 1.54) is 12.0 Å². The van der Waals surface area contributed by atoms with Crippen LogP contribution in [-0.2, 0) is 19.4 Å². The summed E-state index contributed by atoms with van der Waals surface area (Å²) in [6, 6.07) is 10.5. The molecule has 1 saturated heterocycles. The number of hydrogen-bond donors (Lipinski definition) is 0. The van der Waals surface area contributed by atoms with Crippen molar-refractivity contribution in [1.82, 2.24) is 4.90 Å². The van der Waals surface area contributed by atoms with E-state index in [-0.39, 0.29) is 41.4 Å². The first-order valence-electron chi connectivity index (χ1n) is 8.51. The lowest BCUT2D eigenvalue weighted by Gasteiger charge is -2.23. The lowest BCUT2D eigenvalue weighted by molar-refractivity contribution is -0.133.